The Morgan fingerprint density at radius 1 is 0.356 bits per heavy atom. The molecule has 512 valence electrons. The average Bonchev–Trinajstić information content (AvgIpc) is 3.69. The molecular formula is C68H128O17P2. The molecule has 2 unspecified atom stereocenters. The average molecular weight is 1280 g/mol. The normalized spacial score (nSPS) is 14.3. The Hall–Kier alpha value is -2.46. The van der Waals surface area contributed by atoms with E-state index in [2.05, 4.69) is 58.9 Å². The maximum Gasteiger partial charge on any atom is 0.472 e. The van der Waals surface area contributed by atoms with Crippen molar-refractivity contribution in [3.63, 3.8) is 0 Å². The van der Waals surface area contributed by atoms with Gasteiger partial charge in [0.1, 0.15) is 19.3 Å². The van der Waals surface area contributed by atoms with E-state index < -0.39 is 97.5 Å². The second-order valence-corrected chi connectivity index (χ2v) is 27.3. The van der Waals surface area contributed by atoms with Crippen molar-refractivity contribution in [1.82, 2.24) is 0 Å². The fourth-order valence-electron chi connectivity index (χ4n) is 9.75. The van der Waals surface area contributed by atoms with Crippen molar-refractivity contribution in [3.8, 4) is 0 Å². The molecule has 0 amide bonds. The number of phosphoric acid groups is 2. The van der Waals surface area contributed by atoms with Crippen LogP contribution in [0.1, 0.15) is 324 Å². The zero-order valence-electron chi connectivity index (χ0n) is 55.6. The van der Waals surface area contributed by atoms with Crippen molar-refractivity contribution < 1.29 is 80.2 Å². The molecule has 19 heteroatoms. The lowest BCUT2D eigenvalue weighted by molar-refractivity contribution is -0.161. The molecule has 17 nitrogen and oxygen atoms in total. The Morgan fingerprint density at radius 2 is 0.621 bits per heavy atom. The monoisotopic (exact) mass is 1280 g/mol. The summed E-state index contributed by atoms with van der Waals surface area (Å²) in [6.45, 7) is 7.03. The van der Waals surface area contributed by atoms with Gasteiger partial charge in [0.25, 0.3) is 0 Å². The van der Waals surface area contributed by atoms with Gasteiger partial charge in [-0.1, -0.05) is 271 Å². The van der Waals surface area contributed by atoms with Gasteiger partial charge in [0, 0.05) is 25.7 Å². The fraction of sp³-hybridized carbons (Fsp3) is 0.882. The zero-order valence-corrected chi connectivity index (χ0v) is 57.4. The van der Waals surface area contributed by atoms with Crippen molar-refractivity contribution in [2.24, 2.45) is 5.92 Å². The first-order valence-electron chi connectivity index (χ1n) is 35.0. The Morgan fingerprint density at radius 3 is 0.943 bits per heavy atom. The van der Waals surface area contributed by atoms with Gasteiger partial charge in [-0.25, -0.2) is 9.13 Å². The van der Waals surface area contributed by atoms with Crippen LogP contribution in [-0.4, -0.2) is 96.7 Å². The zero-order chi connectivity index (χ0) is 64.2. The Balaban J connectivity index is 5.23. The van der Waals surface area contributed by atoms with Gasteiger partial charge < -0.3 is 33.8 Å². The van der Waals surface area contributed by atoms with Crippen molar-refractivity contribution >= 4 is 39.5 Å². The molecule has 0 heterocycles. The lowest BCUT2D eigenvalue weighted by Crippen LogP contribution is -2.30. The number of esters is 4. The Kier molecular flexibility index (Phi) is 59.3. The molecule has 0 fully saturated rings. The number of allylic oxidation sites excluding steroid dienone is 4. The minimum atomic E-state index is -4.96. The van der Waals surface area contributed by atoms with E-state index in [-0.39, 0.29) is 25.7 Å². The summed E-state index contributed by atoms with van der Waals surface area (Å²) < 4.78 is 68.0. The Labute approximate surface area is 529 Å². The minimum absolute atomic E-state index is 0.0996. The largest absolute Gasteiger partial charge is 0.472 e. The summed E-state index contributed by atoms with van der Waals surface area (Å²) in [6, 6.07) is 0. The van der Waals surface area contributed by atoms with Gasteiger partial charge in [0.15, 0.2) is 12.2 Å². The second kappa shape index (κ2) is 61.1. The number of hydrogen-bond acceptors (Lipinski definition) is 15. The number of carbonyl (C=O) groups excluding carboxylic acids is 4. The van der Waals surface area contributed by atoms with Crippen LogP contribution in [0.25, 0.3) is 0 Å². The second-order valence-electron chi connectivity index (χ2n) is 24.4. The summed E-state index contributed by atoms with van der Waals surface area (Å²) in [5.74, 6) is -1.50. The number of rotatable bonds is 66. The number of hydrogen-bond donors (Lipinski definition) is 3. The first-order chi connectivity index (χ1) is 42.0. The standard InChI is InChI=1S/C68H128O17P2/c1-6-9-12-15-18-20-22-24-26-28-30-32-34-37-43-48-53-67(72)84-63(58-79-66(71)52-47-42-36-33-31-29-27-25-23-21-19-16-13-10-7-2)59-82-86(74,75)80-55-62(69)56-81-87(76,77)83-60-64(57-78-65(70)51-46-41-35-17-14-11-8-3)85-68(73)54-49-44-39-38-40-45-50-61(4)5/h21,23,25,27,61-64,69H,6-20,22,24,26,28-60H2,1-5H3,(H,74,75)(H,76,77)/b23-21-,27-25-/t62-,63-,64-/m1/s1. The van der Waals surface area contributed by atoms with E-state index in [0.717, 1.165) is 122 Å². The molecule has 87 heavy (non-hydrogen) atoms. The van der Waals surface area contributed by atoms with Crippen LogP contribution in [0.3, 0.4) is 0 Å². The van der Waals surface area contributed by atoms with Gasteiger partial charge in [0.05, 0.1) is 26.4 Å². The number of aliphatic hydroxyl groups excluding tert-OH is 1. The van der Waals surface area contributed by atoms with Gasteiger partial charge in [-0.2, -0.15) is 0 Å². The van der Waals surface area contributed by atoms with Gasteiger partial charge >= 0.3 is 39.5 Å². The van der Waals surface area contributed by atoms with E-state index in [1.165, 1.54) is 116 Å². The van der Waals surface area contributed by atoms with Crippen LogP contribution in [0, 0.1) is 5.92 Å². The molecule has 0 aromatic heterocycles. The highest BCUT2D eigenvalue weighted by atomic mass is 31.2. The van der Waals surface area contributed by atoms with Crippen LogP contribution < -0.4 is 0 Å². The summed E-state index contributed by atoms with van der Waals surface area (Å²) in [5, 5.41) is 10.5. The van der Waals surface area contributed by atoms with Gasteiger partial charge in [-0.15, -0.1) is 0 Å². The van der Waals surface area contributed by atoms with Crippen LogP contribution in [0.5, 0.6) is 0 Å². The third kappa shape index (κ3) is 62.1. The number of aliphatic hydroxyl groups is 1. The van der Waals surface area contributed by atoms with Gasteiger partial charge in [0.2, 0.25) is 0 Å². The van der Waals surface area contributed by atoms with Crippen LogP contribution in [0.4, 0.5) is 0 Å². The maximum atomic E-state index is 13.0. The molecule has 0 saturated carbocycles. The molecule has 0 radical (unpaired) electrons. The molecule has 0 spiro atoms. The summed E-state index contributed by atoms with van der Waals surface area (Å²) in [5.41, 5.74) is 0. The predicted octanol–water partition coefficient (Wildman–Crippen LogP) is 18.9. The summed E-state index contributed by atoms with van der Waals surface area (Å²) in [7, 11) is -9.90. The van der Waals surface area contributed by atoms with Gasteiger partial charge in [-0.05, 0) is 57.3 Å². The van der Waals surface area contributed by atoms with E-state index in [1.807, 2.05) is 0 Å². The van der Waals surface area contributed by atoms with E-state index in [1.54, 1.807) is 0 Å². The molecule has 0 aliphatic rings. The van der Waals surface area contributed by atoms with Crippen LogP contribution in [0.2, 0.25) is 0 Å². The first kappa shape index (κ1) is 84.5. The Bertz CT molecular complexity index is 1780. The summed E-state index contributed by atoms with van der Waals surface area (Å²) in [6.07, 6.45) is 49.7. The molecule has 0 aliphatic carbocycles. The van der Waals surface area contributed by atoms with E-state index in [0.29, 0.717) is 31.6 Å². The molecular weight excluding hydrogens is 1150 g/mol. The molecule has 0 aliphatic heterocycles. The quantitative estimate of drug-likeness (QED) is 0.0169. The molecule has 0 rings (SSSR count). The highest BCUT2D eigenvalue weighted by molar-refractivity contribution is 7.47. The topological polar surface area (TPSA) is 237 Å². The van der Waals surface area contributed by atoms with Crippen molar-refractivity contribution in [2.45, 2.75) is 342 Å². The lowest BCUT2D eigenvalue weighted by Gasteiger charge is -2.21. The molecule has 5 atom stereocenters. The van der Waals surface area contributed by atoms with Crippen LogP contribution in [-0.2, 0) is 65.4 Å². The lowest BCUT2D eigenvalue weighted by atomic mass is 10.0. The predicted molar refractivity (Wildman–Crippen MR) is 349 cm³/mol. The summed E-state index contributed by atoms with van der Waals surface area (Å²) >= 11 is 0. The maximum absolute atomic E-state index is 13.0. The third-order valence-corrected chi connectivity index (χ3v) is 17.1. The summed E-state index contributed by atoms with van der Waals surface area (Å²) in [4.78, 5) is 72.2. The smallest absolute Gasteiger partial charge is 0.462 e. The molecule has 0 aromatic rings. The van der Waals surface area contributed by atoms with Crippen molar-refractivity contribution in [2.75, 3.05) is 39.6 Å². The number of ether oxygens (including phenoxy) is 4. The molecule has 3 N–H and O–H groups in total. The van der Waals surface area contributed by atoms with Crippen molar-refractivity contribution in [3.05, 3.63) is 24.3 Å². The highest BCUT2D eigenvalue weighted by Gasteiger charge is 2.30. The molecule has 0 aromatic carbocycles. The van der Waals surface area contributed by atoms with E-state index in [9.17, 15) is 43.2 Å². The SMILES string of the molecule is CCCCCC/C=C\C=C/CCCCCCCC(=O)OC[C@H](COP(=O)(O)OC[C@@H](O)COP(=O)(O)OC[C@@H](COC(=O)CCCCCCCCC)OC(=O)CCCCCCCCC(C)C)OC(=O)CCCCCCCCCCCCCCCCCC. The van der Waals surface area contributed by atoms with Crippen LogP contribution in [0.15, 0.2) is 24.3 Å². The third-order valence-electron chi connectivity index (χ3n) is 15.2. The minimum Gasteiger partial charge on any atom is -0.462 e. The number of unbranched alkanes of at least 4 members (excludes halogenated alkanes) is 35. The fourth-order valence-corrected chi connectivity index (χ4v) is 11.3. The first-order valence-corrected chi connectivity index (χ1v) is 37.9. The number of carbonyl (C=O) groups is 4. The van der Waals surface area contributed by atoms with E-state index >= 15 is 0 Å². The van der Waals surface area contributed by atoms with Crippen molar-refractivity contribution in [1.29, 1.82) is 0 Å². The highest BCUT2D eigenvalue weighted by Crippen LogP contribution is 2.45. The number of phosphoric ester groups is 2. The molecule has 0 saturated heterocycles. The molecule has 0 bridgehead atoms. The van der Waals surface area contributed by atoms with E-state index in [4.69, 9.17) is 37.0 Å². The van der Waals surface area contributed by atoms with Gasteiger partial charge in [-0.3, -0.25) is 37.3 Å². The van der Waals surface area contributed by atoms with Crippen LogP contribution >= 0.6 is 15.6 Å².